The largest absolute Gasteiger partial charge is 0.378 e. The number of hydrogen-bond acceptors (Lipinski definition) is 6. The number of fused-ring (bicyclic) bond motifs is 1. The van der Waals surface area contributed by atoms with Crippen LogP contribution in [-0.4, -0.2) is 27.5 Å². The maximum Gasteiger partial charge on any atom is 0.329 e. The smallest absolute Gasteiger partial charge is 0.329 e. The summed E-state index contributed by atoms with van der Waals surface area (Å²) in [5.41, 5.74) is 8.41. The molecule has 1 saturated heterocycles. The minimum Gasteiger partial charge on any atom is -0.378 e. The lowest BCUT2D eigenvalue weighted by molar-refractivity contribution is -0.384. The van der Waals surface area contributed by atoms with E-state index in [0.29, 0.717) is 17.9 Å². The summed E-state index contributed by atoms with van der Waals surface area (Å²) in [6, 6.07) is 8.99. The fourth-order valence-electron chi connectivity index (χ4n) is 4.31. The van der Waals surface area contributed by atoms with Gasteiger partial charge in [-0.1, -0.05) is 24.3 Å². The van der Waals surface area contributed by atoms with Crippen molar-refractivity contribution in [2.45, 2.75) is 44.1 Å². The summed E-state index contributed by atoms with van der Waals surface area (Å²) in [5.74, 6) is 0.894. The Kier molecular flexibility index (Phi) is 3.99. The van der Waals surface area contributed by atoms with Gasteiger partial charge in [-0.3, -0.25) is 10.1 Å². The highest BCUT2D eigenvalue weighted by molar-refractivity contribution is 5.54. The molecular formula is C18H21N5O2. The molecule has 0 saturated carbocycles. The molecule has 2 aliphatic rings. The van der Waals surface area contributed by atoms with E-state index in [2.05, 4.69) is 39.1 Å². The molecule has 25 heavy (non-hydrogen) atoms. The number of benzene rings is 1. The fraction of sp³-hybridized carbons (Fsp3) is 0.444. The molecule has 7 nitrogen and oxygen atoms in total. The first-order valence-electron chi connectivity index (χ1n) is 8.76. The van der Waals surface area contributed by atoms with E-state index >= 15 is 0 Å². The van der Waals surface area contributed by atoms with Gasteiger partial charge in [-0.2, -0.15) is 4.98 Å². The first-order chi connectivity index (χ1) is 12.1. The number of nitrogens with two attached hydrogens (primary N) is 1. The summed E-state index contributed by atoms with van der Waals surface area (Å²) in [7, 11) is 0. The van der Waals surface area contributed by atoms with Crippen molar-refractivity contribution in [1.29, 1.82) is 0 Å². The van der Waals surface area contributed by atoms with Crippen LogP contribution in [-0.2, 0) is 6.42 Å². The molecule has 1 aromatic heterocycles. The molecule has 1 aliphatic heterocycles. The number of anilines is 2. The molecular weight excluding hydrogens is 318 g/mol. The summed E-state index contributed by atoms with van der Waals surface area (Å²) in [4.78, 5) is 21.0. The fourth-order valence-corrected chi connectivity index (χ4v) is 4.31. The van der Waals surface area contributed by atoms with Crippen molar-refractivity contribution >= 4 is 17.5 Å². The lowest BCUT2D eigenvalue weighted by Gasteiger charge is -2.35. The van der Waals surface area contributed by atoms with E-state index in [9.17, 15) is 10.1 Å². The Hall–Kier alpha value is -2.70. The van der Waals surface area contributed by atoms with Gasteiger partial charge in [0.2, 0.25) is 11.8 Å². The second kappa shape index (κ2) is 6.31. The van der Waals surface area contributed by atoms with Crippen LogP contribution in [0.2, 0.25) is 0 Å². The van der Waals surface area contributed by atoms with Crippen molar-refractivity contribution in [2.24, 2.45) is 0 Å². The van der Waals surface area contributed by atoms with Gasteiger partial charge < -0.3 is 10.6 Å². The first-order valence-corrected chi connectivity index (χ1v) is 8.76. The Morgan fingerprint density at radius 2 is 2.08 bits per heavy atom. The minimum atomic E-state index is -0.544. The molecule has 1 aliphatic carbocycles. The van der Waals surface area contributed by atoms with Crippen molar-refractivity contribution in [3.05, 3.63) is 51.7 Å². The number of nitrogens with zero attached hydrogens (tertiary/aromatic N) is 4. The lowest BCUT2D eigenvalue weighted by atomic mass is 9.78. The second-order valence-corrected chi connectivity index (χ2v) is 6.80. The van der Waals surface area contributed by atoms with Crippen LogP contribution in [0.5, 0.6) is 0 Å². The van der Waals surface area contributed by atoms with Crippen LogP contribution >= 0.6 is 0 Å². The van der Waals surface area contributed by atoms with Crippen molar-refractivity contribution in [1.82, 2.24) is 9.97 Å². The molecule has 2 atom stereocenters. The molecule has 0 amide bonds. The first kappa shape index (κ1) is 15.8. The van der Waals surface area contributed by atoms with Crippen LogP contribution < -0.4 is 10.6 Å². The second-order valence-electron chi connectivity index (χ2n) is 6.80. The normalized spacial score (nSPS) is 22.6. The van der Waals surface area contributed by atoms with Crippen LogP contribution in [0.15, 0.2) is 30.5 Å². The monoisotopic (exact) mass is 339 g/mol. The average Bonchev–Trinajstić information content (AvgIpc) is 3.10. The van der Waals surface area contributed by atoms with Crippen LogP contribution in [0.25, 0.3) is 0 Å². The summed E-state index contributed by atoms with van der Waals surface area (Å²) in [5, 5.41) is 10.9. The predicted octanol–water partition coefficient (Wildman–Crippen LogP) is 3.06. The zero-order chi connectivity index (χ0) is 17.4. The molecule has 1 fully saturated rings. The highest BCUT2D eigenvalue weighted by Gasteiger charge is 2.36. The van der Waals surface area contributed by atoms with E-state index in [0.717, 1.165) is 32.2 Å². The topological polar surface area (TPSA) is 98.2 Å². The van der Waals surface area contributed by atoms with Crippen molar-refractivity contribution in [3.8, 4) is 0 Å². The highest BCUT2D eigenvalue weighted by atomic mass is 16.6. The van der Waals surface area contributed by atoms with E-state index in [-0.39, 0.29) is 11.5 Å². The summed E-state index contributed by atoms with van der Waals surface area (Å²) >= 11 is 0. The van der Waals surface area contributed by atoms with Crippen molar-refractivity contribution < 1.29 is 4.92 Å². The molecule has 2 N–H and O–H groups in total. The predicted molar refractivity (Wildman–Crippen MR) is 95.6 cm³/mol. The molecule has 1 aromatic carbocycles. The summed E-state index contributed by atoms with van der Waals surface area (Å²) < 4.78 is 0. The number of hydrogen-bond donors (Lipinski definition) is 1. The van der Waals surface area contributed by atoms with Gasteiger partial charge in [-0.25, -0.2) is 4.98 Å². The number of aryl methyl sites for hydroxylation is 1. The third-order valence-corrected chi connectivity index (χ3v) is 5.42. The van der Waals surface area contributed by atoms with Crippen molar-refractivity contribution in [3.63, 3.8) is 0 Å². The third kappa shape index (κ3) is 2.79. The van der Waals surface area contributed by atoms with Crippen LogP contribution in [0.3, 0.4) is 0 Å². The quantitative estimate of drug-likeness (QED) is 0.681. The van der Waals surface area contributed by atoms with Crippen LogP contribution in [0.1, 0.15) is 42.7 Å². The van der Waals surface area contributed by atoms with Crippen LogP contribution in [0, 0.1) is 10.1 Å². The van der Waals surface area contributed by atoms with E-state index in [4.69, 9.17) is 5.73 Å². The minimum absolute atomic E-state index is 0.0651. The van der Waals surface area contributed by atoms with Gasteiger partial charge in [0.15, 0.2) is 0 Å². The summed E-state index contributed by atoms with van der Waals surface area (Å²) in [6.07, 6.45) is 6.86. The van der Waals surface area contributed by atoms with Gasteiger partial charge in [-0.05, 0) is 43.2 Å². The van der Waals surface area contributed by atoms with Gasteiger partial charge in [0, 0.05) is 18.5 Å². The van der Waals surface area contributed by atoms with Gasteiger partial charge in [0.25, 0.3) is 0 Å². The molecule has 7 heteroatoms. The maximum atomic E-state index is 10.9. The Bertz CT molecular complexity index is 810. The Labute approximate surface area is 146 Å². The van der Waals surface area contributed by atoms with Gasteiger partial charge >= 0.3 is 5.69 Å². The molecule has 130 valence electrons. The Balaban J connectivity index is 1.66. The third-order valence-electron chi connectivity index (χ3n) is 5.42. The lowest BCUT2D eigenvalue weighted by Crippen LogP contribution is -2.37. The maximum absolute atomic E-state index is 10.9. The zero-order valence-electron chi connectivity index (χ0n) is 14.0. The number of nitro groups is 1. The van der Waals surface area contributed by atoms with Gasteiger partial charge in [-0.15, -0.1) is 0 Å². The molecule has 2 heterocycles. The Morgan fingerprint density at radius 3 is 2.88 bits per heavy atom. The molecule has 0 unspecified atom stereocenters. The molecule has 0 bridgehead atoms. The molecule has 4 rings (SSSR count). The number of rotatable bonds is 3. The van der Waals surface area contributed by atoms with E-state index < -0.39 is 4.92 Å². The Morgan fingerprint density at radius 1 is 1.24 bits per heavy atom. The van der Waals surface area contributed by atoms with E-state index in [1.165, 1.54) is 23.7 Å². The van der Waals surface area contributed by atoms with E-state index in [1.54, 1.807) is 0 Å². The molecule has 0 radical (unpaired) electrons. The standard InChI is InChI=1S/C18H21N5O2/c19-17-16(23(24)25)11-20-18(21-17)22-10-4-9-15(22)14-8-3-6-12-5-1-2-7-13(12)14/h1-2,5,7,11,14-15H,3-4,6,8-10H2,(H2,19,20,21)/t14-,15+/m1/s1. The zero-order valence-corrected chi connectivity index (χ0v) is 14.0. The molecule has 2 aromatic rings. The summed E-state index contributed by atoms with van der Waals surface area (Å²) in [6.45, 7) is 0.862. The highest BCUT2D eigenvalue weighted by Crippen LogP contribution is 2.40. The molecule has 0 spiro atoms. The number of aromatic nitrogens is 2. The van der Waals surface area contributed by atoms with E-state index in [1.807, 2.05) is 0 Å². The average molecular weight is 339 g/mol. The van der Waals surface area contributed by atoms with Crippen molar-refractivity contribution in [2.75, 3.05) is 17.2 Å². The SMILES string of the molecule is Nc1nc(N2CCC[C@H]2[C@@H]2CCCc3ccccc32)ncc1[N+](=O)[O-]. The number of nitrogen functional groups attached to an aromatic ring is 1. The van der Waals surface area contributed by atoms with Gasteiger partial charge in [0.05, 0.1) is 4.92 Å². The van der Waals surface area contributed by atoms with Crippen LogP contribution in [0.4, 0.5) is 17.5 Å². The van der Waals surface area contributed by atoms with Gasteiger partial charge in [0.1, 0.15) is 6.20 Å².